The number of H-pyrrole nitrogens is 1. The van der Waals surface area contributed by atoms with E-state index in [0.717, 1.165) is 12.1 Å². The number of halogens is 2. The van der Waals surface area contributed by atoms with Gasteiger partial charge in [0, 0.05) is 12.3 Å². The number of nitrogens with zero attached hydrogens (tertiary/aromatic N) is 1. The average molecular weight is 223 g/mol. The lowest BCUT2D eigenvalue weighted by Gasteiger charge is -2.04. The fourth-order valence-electron chi connectivity index (χ4n) is 1.16. The minimum atomic E-state index is -0.826. The van der Waals surface area contributed by atoms with Gasteiger partial charge in [-0.3, -0.25) is 9.89 Å². The Morgan fingerprint density at radius 1 is 1.31 bits per heavy atom. The molecule has 0 saturated carbocycles. The zero-order chi connectivity index (χ0) is 11.5. The van der Waals surface area contributed by atoms with Crippen LogP contribution in [-0.2, 0) is 0 Å². The van der Waals surface area contributed by atoms with Crippen molar-refractivity contribution in [1.29, 1.82) is 0 Å². The summed E-state index contributed by atoms with van der Waals surface area (Å²) in [5.41, 5.74) is 0.115. The van der Waals surface area contributed by atoms with E-state index in [1.54, 1.807) is 0 Å². The second kappa shape index (κ2) is 4.09. The maximum Gasteiger partial charge on any atom is 0.273 e. The van der Waals surface area contributed by atoms with Crippen molar-refractivity contribution in [1.82, 2.24) is 10.2 Å². The summed E-state index contributed by atoms with van der Waals surface area (Å²) in [6.07, 6.45) is 1.40. The Bertz CT molecular complexity index is 511. The highest BCUT2D eigenvalue weighted by atomic mass is 19.1. The lowest BCUT2D eigenvalue weighted by molar-refractivity contribution is 0.102. The third-order valence-corrected chi connectivity index (χ3v) is 1.92. The Labute approximate surface area is 89.3 Å². The number of carbonyl (C=O) groups is 1. The van der Waals surface area contributed by atoms with Gasteiger partial charge in [0.1, 0.15) is 17.3 Å². The highest BCUT2D eigenvalue weighted by molar-refractivity contribution is 6.02. The number of anilines is 1. The first kappa shape index (κ1) is 10.3. The maximum absolute atomic E-state index is 13.2. The molecule has 4 nitrogen and oxygen atoms in total. The normalized spacial score (nSPS) is 10.1. The second-order valence-corrected chi connectivity index (χ2v) is 3.05. The highest BCUT2D eigenvalue weighted by Crippen LogP contribution is 2.15. The Morgan fingerprint density at radius 2 is 2.12 bits per heavy atom. The quantitative estimate of drug-likeness (QED) is 0.817. The van der Waals surface area contributed by atoms with Gasteiger partial charge >= 0.3 is 0 Å². The van der Waals surface area contributed by atoms with Crippen molar-refractivity contribution >= 4 is 11.6 Å². The van der Waals surface area contributed by atoms with E-state index in [1.807, 2.05) is 0 Å². The molecule has 0 unspecified atom stereocenters. The molecule has 2 N–H and O–H groups in total. The third-order valence-electron chi connectivity index (χ3n) is 1.92. The van der Waals surface area contributed by atoms with Crippen LogP contribution in [0.4, 0.5) is 14.5 Å². The van der Waals surface area contributed by atoms with E-state index in [4.69, 9.17) is 0 Å². The van der Waals surface area contributed by atoms with Gasteiger partial charge in [0.15, 0.2) is 0 Å². The van der Waals surface area contributed by atoms with Crippen LogP contribution in [0.15, 0.2) is 30.5 Å². The molecule has 0 fully saturated rings. The SMILES string of the molecule is O=C(Nc1ccc(F)cc1F)c1ccn[nH]1. The van der Waals surface area contributed by atoms with Gasteiger partial charge in [-0.2, -0.15) is 5.10 Å². The van der Waals surface area contributed by atoms with Crippen molar-refractivity contribution in [2.24, 2.45) is 0 Å². The molecule has 6 heteroatoms. The van der Waals surface area contributed by atoms with Gasteiger partial charge in [0.05, 0.1) is 5.69 Å². The fraction of sp³-hybridized carbons (Fsp3) is 0. The summed E-state index contributed by atoms with van der Waals surface area (Å²) in [5.74, 6) is -2.06. The number of hydrogen-bond donors (Lipinski definition) is 2. The molecule has 0 spiro atoms. The van der Waals surface area contributed by atoms with Crippen molar-refractivity contribution in [3.8, 4) is 0 Å². The molecule has 0 aliphatic heterocycles. The molecule has 1 amide bonds. The predicted molar refractivity (Wildman–Crippen MR) is 52.9 cm³/mol. The number of rotatable bonds is 2. The molecule has 1 heterocycles. The van der Waals surface area contributed by atoms with Crippen LogP contribution in [0.5, 0.6) is 0 Å². The van der Waals surface area contributed by atoms with Crippen LogP contribution in [-0.4, -0.2) is 16.1 Å². The number of hydrogen-bond acceptors (Lipinski definition) is 2. The number of carbonyl (C=O) groups excluding carboxylic acids is 1. The first-order valence-electron chi connectivity index (χ1n) is 4.42. The van der Waals surface area contributed by atoms with Crippen LogP contribution in [0.25, 0.3) is 0 Å². The summed E-state index contributed by atoms with van der Waals surface area (Å²) in [7, 11) is 0. The Morgan fingerprint density at radius 3 is 2.75 bits per heavy atom. The second-order valence-electron chi connectivity index (χ2n) is 3.05. The van der Waals surface area contributed by atoms with Crippen LogP contribution in [0, 0.1) is 11.6 Å². The average Bonchev–Trinajstić information content (AvgIpc) is 2.75. The minimum Gasteiger partial charge on any atom is -0.318 e. The van der Waals surface area contributed by atoms with E-state index in [9.17, 15) is 13.6 Å². The number of aromatic nitrogens is 2. The van der Waals surface area contributed by atoms with Crippen molar-refractivity contribution in [3.05, 3.63) is 47.8 Å². The topological polar surface area (TPSA) is 57.8 Å². The molecule has 2 aromatic rings. The van der Waals surface area contributed by atoms with E-state index in [2.05, 4.69) is 15.5 Å². The van der Waals surface area contributed by atoms with Crippen molar-refractivity contribution < 1.29 is 13.6 Å². The van der Waals surface area contributed by atoms with E-state index >= 15 is 0 Å². The summed E-state index contributed by atoms with van der Waals surface area (Å²) < 4.78 is 25.8. The first-order chi connectivity index (χ1) is 7.66. The first-order valence-corrected chi connectivity index (χ1v) is 4.42. The molecular formula is C10H7F2N3O. The number of nitrogens with one attached hydrogen (secondary N) is 2. The van der Waals surface area contributed by atoms with Crippen LogP contribution in [0.2, 0.25) is 0 Å². The van der Waals surface area contributed by atoms with Gasteiger partial charge in [0.2, 0.25) is 0 Å². The lowest BCUT2D eigenvalue weighted by atomic mass is 10.3. The zero-order valence-electron chi connectivity index (χ0n) is 8.00. The Kier molecular flexibility index (Phi) is 2.63. The minimum absolute atomic E-state index is 0.0824. The predicted octanol–water partition coefficient (Wildman–Crippen LogP) is 1.94. The maximum atomic E-state index is 13.2. The van der Waals surface area contributed by atoms with Gasteiger partial charge in [-0.05, 0) is 18.2 Å². The van der Waals surface area contributed by atoms with E-state index in [-0.39, 0.29) is 11.4 Å². The molecule has 0 saturated heterocycles. The van der Waals surface area contributed by atoms with Gasteiger partial charge in [-0.25, -0.2) is 8.78 Å². The fourth-order valence-corrected chi connectivity index (χ4v) is 1.16. The third kappa shape index (κ3) is 2.05. The standard InChI is InChI=1S/C10H7F2N3O/c11-6-1-2-8(7(12)5-6)14-10(16)9-3-4-13-15-9/h1-5H,(H,13,15)(H,14,16). The van der Waals surface area contributed by atoms with Gasteiger partial charge in [0.25, 0.3) is 5.91 Å². The summed E-state index contributed by atoms with van der Waals surface area (Å²) in [6.45, 7) is 0. The van der Waals surface area contributed by atoms with Crippen molar-refractivity contribution in [2.45, 2.75) is 0 Å². The van der Waals surface area contributed by atoms with Crippen molar-refractivity contribution in [3.63, 3.8) is 0 Å². The van der Waals surface area contributed by atoms with Crippen LogP contribution in [0.1, 0.15) is 10.5 Å². The van der Waals surface area contributed by atoms with E-state index < -0.39 is 17.5 Å². The molecule has 16 heavy (non-hydrogen) atoms. The molecule has 1 aromatic heterocycles. The Hall–Kier alpha value is -2.24. The monoisotopic (exact) mass is 223 g/mol. The molecule has 82 valence electrons. The highest BCUT2D eigenvalue weighted by Gasteiger charge is 2.10. The number of benzene rings is 1. The molecule has 1 aromatic carbocycles. The van der Waals surface area contributed by atoms with Crippen molar-refractivity contribution in [2.75, 3.05) is 5.32 Å². The largest absolute Gasteiger partial charge is 0.318 e. The molecule has 0 radical (unpaired) electrons. The summed E-state index contributed by atoms with van der Waals surface area (Å²) in [6, 6.07) is 4.35. The number of amides is 1. The van der Waals surface area contributed by atoms with E-state index in [0.29, 0.717) is 6.07 Å². The smallest absolute Gasteiger partial charge is 0.273 e. The van der Waals surface area contributed by atoms with Gasteiger partial charge < -0.3 is 5.32 Å². The molecule has 0 bridgehead atoms. The van der Waals surface area contributed by atoms with Crippen LogP contribution in [0.3, 0.4) is 0 Å². The number of aromatic amines is 1. The van der Waals surface area contributed by atoms with Gasteiger partial charge in [-0.15, -0.1) is 0 Å². The lowest BCUT2D eigenvalue weighted by Crippen LogP contribution is -2.13. The molecular weight excluding hydrogens is 216 g/mol. The van der Waals surface area contributed by atoms with Crippen LogP contribution < -0.4 is 5.32 Å². The summed E-state index contributed by atoms with van der Waals surface area (Å²) in [5, 5.41) is 8.30. The zero-order valence-corrected chi connectivity index (χ0v) is 8.00. The van der Waals surface area contributed by atoms with E-state index in [1.165, 1.54) is 12.3 Å². The molecule has 2 rings (SSSR count). The Balaban J connectivity index is 2.18. The molecule has 0 aliphatic carbocycles. The molecule has 0 aliphatic rings. The van der Waals surface area contributed by atoms with Crippen LogP contribution >= 0.6 is 0 Å². The molecule has 0 atom stereocenters. The summed E-state index contributed by atoms with van der Waals surface area (Å²) in [4.78, 5) is 11.5. The summed E-state index contributed by atoms with van der Waals surface area (Å²) >= 11 is 0. The van der Waals surface area contributed by atoms with Gasteiger partial charge in [-0.1, -0.05) is 0 Å².